The van der Waals surface area contributed by atoms with Gasteiger partial charge < -0.3 is 4.42 Å². The maximum Gasteiger partial charge on any atom is 0.123 e. The highest BCUT2D eigenvalue weighted by Crippen LogP contribution is 2.47. The second kappa shape index (κ2) is 7.38. The molecule has 3 atom stereocenters. The molecule has 0 bridgehead atoms. The van der Waals surface area contributed by atoms with E-state index in [1.54, 1.807) is 6.07 Å². The molecular weight excluding hydrogens is 349 g/mol. The first-order chi connectivity index (χ1) is 13.8. The Bertz CT molecular complexity index is 988. The number of nitrogens with zero attached hydrogens (tertiary/aromatic N) is 1. The fraction of sp³-hybridized carbons (Fsp3) is 0.320. The fourth-order valence-corrected chi connectivity index (χ4v) is 5.04. The SMILES string of the molecule is Fc1cccc(-c2ccc(/C=C/C3c4ccoc4CC4CCCCC43)nc2)c1. The van der Waals surface area contributed by atoms with Crippen LogP contribution in [0, 0.1) is 17.7 Å². The largest absolute Gasteiger partial charge is 0.469 e. The summed E-state index contributed by atoms with van der Waals surface area (Å²) in [6.07, 6.45) is 14.5. The first kappa shape index (κ1) is 17.4. The van der Waals surface area contributed by atoms with Crippen molar-refractivity contribution in [3.63, 3.8) is 0 Å². The van der Waals surface area contributed by atoms with Crippen molar-refractivity contribution in [2.75, 3.05) is 0 Å². The minimum Gasteiger partial charge on any atom is -0.469 e. The molecule has 142 valence electrons. The van der Waals surface area contributed by atoms with Crippen LogP contribution < -0.4 is 0 Å². The van der Waals surface area contributed by atoms with E-state index in [-0.39, 0.29) is 5.82 Å². The van der Waals surface area contributed by atoms with Gasteiger partial charge in [0, 0.05) is 29.7 Å². The summed E-state index contributed by atoms with van der Waals surface area (Å²) in [6, 6.07) is 12.8. The molecule has 2 nitrogen and oxygen atoms in total. The van der Waals surface area contributed by atoms with Gasteiger partial charge in [0.1, 0.15) is 11.6 Å². The normalized spacial score (nSPS) is 24.1. The summed E-state index contributed by atoms with van der Waals surface area (Å²) in [5.74, 6) is 2.81. The van der Waals surface area contributed by atoms with Gasteiger partial charge in [-0.25, -0.2) is 4.39 Å². The number of hydrogen-bond donors (Lipinski definition) is 0. The van der Waals surface area contributed by atoms with Crippen LogP contribution in [0.15, 0.2) is 65.4 Å². The van der Waals surface area contributed by atoms with Gasteiger partial charge in [0.05, 0.1) is 12.0 Å². The number of fused-ring (bicyclic) bond motifs is 2. The Labute approximate surface area is 165 Å². The Kier molecular flexibility index (Phi) is 4.59. The maximum absolute atomic E-state index is 13.4. The lowest BCUT2D eigenvalue weighted by Crippen LogP contribution is -2.30. The van der Waals surface area contributed by atoms with Crippen LogP contribution in [0.5, 0.6) is 0 Å². The monoisotopic (exact) mass is 373 g/mol. The molecule has 0 spiro atoms. The van der Waals surface area contributed by atoms with Crippen LogP contribution in [-0.4, -0.2) is 4.98 Å². The molecule has 28 heavy (non-hydrogen) atoms. The van der Waals surface area contributed by atoms with Crippen LogP contribution in [0.3, 0.4) is 0 Å². The Morgan fingerprint density at radius 3 is 2.82 bits per heavy atom. The van der Waals surface area contributed by atoms with Crippen LogP contribution in [0.4, 0.5) is 4.39 Å². The number of furan rings is 1. The van der Waals surface area contributed by atoms with Crippen LogP contribution in [-0.2, 0) is 6.42 Å². The van der Waals surface area contributed by atoms with Gasteiger partial charge in [-0.2, -0.15) is 0 Å². The van der Waals surface area contributed by atoms with E-state index >= 15 is 0 Å². The summed E-state index contributed by atoms with van der Waals surface area (Å²) in [7, 11) is 0. The number of halogens is 1. The van der Waals surface area contributed by atoms with Gasteiger partial charge in [0.15, 0.2) is 0 Å². The molecule has 0 amide bonds. The smallest absolute Gasteiger partial charge is 0.123 e. The number of rotatable bonds is 3. The quantitative estimate of drug-likeness (QED) is 0.514. The van der Waals surface area contributed by atoms with Crippen molar-refractivity contribution in [1.29, 1.82) is 0 Å². The van der Waals surface area contributed by atoms with Gasteiger partial charge in [0.25, 0.3) is 0 Å². The zero-order valence-electron chi connectivity index (χ0n) is 15.9. The molecule has 3 aromatic rings. The van der Waals surface area contributed by atoms with E-state index in [9.17, 15) is 4.39 Å². The Hall–Kier alpha value is -2.68. The van der Waals surface area contributed by atoms with Crippen molar-refractivity contribution in [2.45, 2.75) is 38.0 Å². The minimum atomic E-state index is -0.225. The zero-order chi connectivity index (χ0) is 18.9. The van der Waals surface area contributed by atoms with Crippen molar-refractivity contribution in [3.05, 3.63) is 83.8 Å². The van der Waals surface area contributed by atoms with E-state index in [2.05, 4.69) is 23.2 Å². The van der Waals surface area contributed by atoms with E-state index in [1.807, 2.05) is 30.7 Å². The van der Waals surface area contributed by atoms with Crippen LogP contribution in [0.2, 0.25) is 0 Å². The molecule has 0 N–H and O–H groups in total. The summed E-state index contributed by atoms with van der Waals surface area (Å²) in [5, 5.41) is 0. The van der Waals surface area contributed by atoms with Gasteiger partial charge in [-0.1, -0.05) is 37.1 Å². The van der Waals surface area contributed by atoms with Gasteiger partial charge >= 0.3 is 0 Å². The molecular formula is C25H24FNO. The first-order valence-corrected chi connectivity index (χ1v) is 10.2. The zero-order valence-corrected chi connectivity index (χ0v) is 15.9. The van der Waals surface area contributed by atoms with Crippen molar-refractivity contribution in [3.8, 4) is 11.1 Å². The molecule has 0 saturated heterocycles. The molecule has 2 heterocycles. The number of allylic oxidation sites excluding steroid dienone is 1. The standard InChI is InChI=1S/C25H24FNO/c26-20-6-3-5-17(14-20)19-8-9-21(27-16-19)10-11-23-22-7-2-1-4-18(22)15-25-24(23)12-13-28-25/h3,5-6,8-14,16,18,22-23H,1-2,4,7,15H2/b11-10+. The van der Waals surface area contributed by atoms with Crippen molar-refractivity contribution in [2.24, 2.45) is 11.8 Å². The van der Waals surface area contributed by atoms with E-state index in [1.165, 1.54) is 49.1 Å². The molecule has 2 aliphatic carbocycles. The Balaban J connectivity index is 1.39. The van der Waals surface area contributed by atoms with Crippen LogP contribution in [0.1, 0.15) is 48.6 Å². The molecule has 1 aromatic carbocycles. The summed E-state index contributed by atoms with van der Waals surface area (Å²) in [5.41, 5.74) is 4.07. The summed E-state index contributed by atoms with van der Waals surface area (Å²) in [4.78, 5) is 4.58. The first-order valence-electron chi connectivity index (χ1n) is 10.2. The highest BCUT2D eigenvalue weighted by molar-refractivity contribution is 5.63. The lowest BCUT2D eigenvalue weighted by Gasteiger charge is -2.39. The third-order valence-corrected chi connectivity index (χ3v) is 6.43. The van der Waals surface area contributed by atoms with E-state index in [4.69, 9.17) is 4.42 Å². The number of benzene rings is 1. The van der Waals surface area contributed by atoms with Crippen LogP contribution >= 0.6 is 0 Å². The summed E-state index contributed by atoms with van der Waals surface area (Å²) < 4.78 is 19.2. The third-order valence-electron chi connectivity index (χ3n) is 6.43. The highest BCUT2D eigenvalue weighted by atomic mass is 19.1. The molecule has 2 aromatic heterocycles. The minimum absolute atomic E-state index is 0.225. The van der Waals surface area contributed by atoms with E-state index in [0.29, 0.717) is 11.8 Å². The maximum atomic E-state index is 13.4. The molecule has 1 fully saturated rings. The number of aromatic nitrogens is 1. The molecule has 0 aliphatic heterocycles. The molecule has 1 saturated carbocycles. The van der Waals surface area contributed by atoms with Crippen molar-refractivity contribution < 1.29 is 8.81 Å². The average Bonchev–Trinajstić information content (AvgIpc) is 3.20. The second-order valence-corrected chi connectivity index (χ2v) is 8.08. The van der Waals surface area contributed by atoms with E-state index < -0.39 is 0 Å². The summed E-state index contributed by atoms with van der Waals surface area (Å²) >= 11 is 0. The molecule has 2 aliphatic rings. The van der Waals surface area contributed by atoms with Gasteiger partial charge in [-0.05, 0) is 60.6 Å². The topological polar surface area (TPSA) is 26.0 Å². The second-order valence-electron chi connectivity index (χ2n) is 8.08. The van der Waals surface area contributed by atoms with Crippen molar-refractivity contribution in [1.82, 2.24) is 4.98 Å². The fourth-order valence-electron chi connectivity index (χ4n) is 5.04. The number of hydrogen-bond acceptors (Lipinski definition) is 2. The molecule has 3 unspecified atom stereocenters. The predicted octanol–water partition coefficient (Wildman–Crippen LogP) is 6.64. The average molecular weight is 373 g/mol. The van der Waals surface area contributed by atoms with Gasteiger partial charge in [-0.3, -0.25) is 4.98 Å². The molecule has 3 heteroatoms. The van der Waals surface area contributed by atoms with Gasteiger partial charge in [-0.15, -0.1) is 0 Å². The van der Waals surface area contributed by atoms with Crippen LogP contribution in [0.25, 0.3) is 17.2 Å². The number of pyridine rings is 1. The molecule has 0 radical (unpaired) electrons. The predicted molar refractivity (Wildman–Crippen MR) is 109 cm³/mol. The molecule has 5 rings (SSSR count). The lowest BCUT2D eigenvalue weighted by atomic mass is 9.65. The van der Waals surface area contributed by atoms with E-state index in [0.717, 1.165) is 29.2 Å². The van der Waals surface area contributed by atoms with Gasteiger partial charge in [0.2, 0.25) is 0 Å². The summed E-state index contributed by atoms with van der Waals surface area (Å²) in [6.45, 7) is 0. The highest BCUT2D eigenvalue weighted by Gasteiger charge is 2.38. The Morgan fingerprint density at radius 1 is 1.04 bits per heavy atom. The Morgan fingerprint density at radius 2 is 1.96 bits per heavy atom. The van der Waals surface area contributed by atoms with Crippen molar-refractivity contribution >= 4 is 6.08 Å². The lowest BCUT2D eigenvalue weighted by molar-refractivity contribution is 0.190. The third kappa shape index (κ3) is 3.30.